The molecule has 0 radical (unpaired) electrons. The largest absolute Gasteiger partial charge is 0.457 e. The van der Waals surface area contributed by atoms with Crippen LogP contribution in [-0.2, 0) is 11.3 Å². The summed E-state index contributed by atoms with van der Waals surface area (Å²) in [4.78, 5) is 13.8. The minimum Gasteiger partial charge on any atom is -0.457 e. The van der Waals surface area contributed by atoms with Crippen LogP contribution in [0.2, 0.25) is 0 Å². The minimum absolute atomic E-state index is 0.233. The molecule has 0 atom stereocenters. The van der Waals surface area contributed by atoms with E-state index in [1.165, 1.54) is 23.5 Å². The van der Waals surface area contributed by atoms with E-state index < -0.39 is 0 Å². The molecule has 130 valence electrons. The van der Waals surface area contributed by atoms with E-state index in [1.54, 1.807) is 22.9 Å². The molecule has 0 amide bonds. The van der Waals surface area contributed by atoms with Gasteiger partial charge in [-0.2, -0.15) is 5.10 Å². The Hall–Kier alpha value is -2.99. The molecule has 0 unspecified atom stereocenters. The molecule has 4 nitrogen and oxygen atoms in total. The maximum Gasteiger partial charge on any atom is 0.348 e. The number of aromatic nitrogens is 2. The smallest absolute Gasteiger partial charge is 0.348 e. The summed E-state index contributed by atoms with van der Waals surface area (Å²) in [5, 5.41) is 5.39. The highest BCUT2D eigenvalue weighted by atomic mass is 32.1. The molecule has 26 heavy (non-hydrogen) atoms. The van der Waals surface area contributed by atoms with Crippen molar-refractivity contribution in [3.63, 3.8) is 0 Å². The normalized spacial score (nSPS) is 11.0. The van der Waals surface area contributed by atoms with Crippen molar-refractivity contribution in [1.29, 1.82) is 0 Å². The number of esters is 1. The lowest BCUT2D eigenvalue weighted by Gasteiger charge is -2.03. The van der Waals surface area contributed by atoms with Crippen LogP contribution in [0.3, 0.4) is 0 Å². The van der Waals surface area contributed by atoms with Crippen LogP contribution >= 0.6 is 11.3 Å². The summed E-state index contributed by atoms with van der Waals surface area (Å²) < 4.78 is 20.3. The fourth-order valence-electron chi connectivity index (χ4n) is 2.70. The number of hydrogen-bond acceptors (Lipinski definition) is 4. The van der Waals surface area contributed by atoms with E-state index in [-0.39, 0.29) is 18.4 Å². The van der Waals surface area contributed by atoms with Crippen LogP contribution in [0.4, 0.5) is 4.39 Å². The summed E-state index contributed by atoms with van der Waals surface area (Å²) >= 11 is 1.32. The van der Waals surface area contributed by atoms with Gasteiger partial charge < -0.3 is 4.74 Å². The number of hydrogen-bond donors (Lipinski definition) is 0. The van der Waals surface area contributed by atoms with Crippen molar-refractivity contribution in [3.8, 4) is 5.69 Å². The van der Waals surface area contributed by atoms with Gasteiger partial charge in [-0.3, -0.25) is 0 Å². The first-order valence-electron chi connectivity index (χ1n) is 8.08. The van der Waals surface area contributed by atoms with Gasteiger partial charge in [-0.25, -0.2) is 13.9 Å². The van der Waals surface area contributed by atoms with Crippen molar-refractivity contribution in [2.75, 3.05) is 0 Å². The maximum atomic E-state index is 13.2. The number of rotatable bonds is 4. The van der Waals surface area contributed by atoms with Crippen molar-refractivity contribution in [2.24, 2.45) is 0 Å². The van der Waals surface area contributed by atoms with Crippen LogP contribution in [0.5, 0.6) is 0 Å². The molecule has 4 rings (SSSR count). The van der Waals surface area contributed by atoms with Gasteiger partial charge in [0.05, 0.1) is 11.4 Å². The maximum absolute atomic E-state index is 13.2. The monoisotopic (exact) mass is 366 g/mol. The summed E-state index contributed by atoms with van der Waals surface area (Å²) in [7, 11) is 0. The number of ether oxygens (including phenoxy) is 1. The zero-order valence-corrected chi connectivity index (χ0v) is 14.8. The van der Waals surface area contributed by atoms with Crippen molar-refractivity contribution in [2.45, 2.75) is 13.5 Å². The minimum atomic E-state index is -0.361. The third kappa shape index (κ3) is 3.11. The van der Waals surface area contributed by atoms with Crippen LogP contribution in [0.1, 0.15) is 20.9 Å². The van der Waals surface area contributed by atoms with Crippen LogP contribution in [0, 0.1) is 12.7 Å². The molecule has 4 aromatic rings. The zero-order chi connectivity index (χ0) is 18.1. The second-order valence-corrected chi connectivity index (χ2v) is 6.90. The lowest BCUT2D eigenvalue weighted by molar-refractivity contribution is 0.0478. The van der Waals surface area contributed by atoms with Gasteiger partial charge in [0, 0.05) is 5.39 Å². The zero-order valence-electron chi connectivity index (χ0n) is 14.0. The first kappa shape index (κ1) is 16.5. The number of benzene rings is 2. The molecule has 0 spiro atoms. The van der Waals surface area contributed by atoms with Crippen LogP contribution in [0.25, 0.3) is 15.9 Å². The second kappa shape index (κ2) is 6.72. The Labute approximate surface area is 153 Å². The first-order chi connectivity index (χ1) is 12.6. The summed E-state index contributed by atoms with van der Waals surface area (Å²) in [5.74, 6) is -0.662. The molecule has 2 aromatic heterocycles. The molecular formula is C20H15FN2O2S. The van der Waals surface area contributed by atoms with Gasteiger partial charge in [0.1, 0.15) is 22.1 Å². The molecule has 0 N–H and O–H groups in total. The predicted octanol–water partition coefficient (Wildman–Crippen LogP) is 4.89. The molecule has 0 fully saturated rings. The SMILES string of the molecule is Cc1nn(-c2ccc(F)cc2)c2sc(C(=O)OCc3ccccc3)cc12. The Morgan fingerprint density at radius 3 is 2.62 bits per heavy atom. The van der Waals surface area contributed by atoms with Crippen LogP contribution in [-0.4, -0.2) is 15.7 Å². The Bertz CT molecular complexity index is 1070. The van der Waals surface area contributed by atoms with Gasteiger partial charge in [0.15, 0.2) is 0 Å². The Morgan fingerprint density at radius 2 is 1.88 bits per heavy atom. The number of nitrogens with zero attached hydrogens (tertiary/aromatic N) is 2. The average Bonchev–Trinajstić information content (AvgIpc) is 3.22. The molecule has 0 aliphatic heterocycles. The molecule has 6 heteroatoms. The number of halogens is 1. The van der Waals surface area contributed by atoms with Crippen molar-refractivity contribution < 1.29 is 13.9 Å². The first-order valence-corrected chi connectivity index (χ1v) is 8.89. The molecule has 2 aromatic carbocycles. The van der Waals surface area contributed by atoms with Gasteiger partial charge in [-0.05, 0) is 42.8 Å². The van der Waals surface area contributed by atoms with Crippen molar-refractivity contribution in [1.82, 2.24) is 9.78 Å². The third-order valence-electron chi connectivity index (χ3n) is 4.03. The van der Waals surface area contributed by atoms with Crippen molar-refractivity contribution >= 4 is 27.5 Å². The molecule has 0 saturated carbocycles. The lowest BCUT2D eigenvalue weighted by Crippen LogP contribution is -2.03. The summed E-state index contributed by atoms with van der Waals surface area (Å²) in [6.07, 6.45) is 0. The van der Waals surface area contributed by atoms with E-state index in [0.717, 1.165) is 27.2 Å². The molecule has 0 bridgehead atoms. The van der Waals surface area contributed by atoms with E-state index in [4.69, 9.17) is 4.74 Å². The summed E-state index contributed by atoms with van der Waals surface area (Å²) in [6, 6.07) is 17.5. The molecular weight excluding hydrogens is 351 g/mol. The fourth-order valence-corrected chi connectivity index (χ4v) is 3.78. The third-order valence-corrected chi connectivity index (χ3v) is 5.12. The van der Waals surface area contributed by atoms with Gasteiger partial charge in [0.2, 0.25) is 0 Å². The van der Waals surface area contributed by atoms with E-state index in [1.807, 2.05) is 37.3 Å². The Balaban J connectivity index is 1.62. The summed E-state index contributed by atoms with van der Waals surface area (Å²) in [6.45, 7) is 2.12. The molecule has 0 aliphatic rings. The van der Waals surface area contributed by atoms with Gasteiger partial charge >= 0.3 is 5.97 Å². The number of aryl methyl sites for hydroxylation is 1. The van der Waals surface area contributed by atoms with Crippen LogP contribution < -0.4 is 0 Å². The predicted molar refractivity (Wildman–Crippen MR) is 99.2 cm³/mol. The Morgan fingerprint density at radius 1 is 1.15 bits per heavy atom. The van der Waals surface area contributed by atoms with Crippen LogP contribution in [0.15, 0.2) is 60.7 Å². The van der Waals surface area contributed by atoms with Gasteiger partial charge in [-0.15, -0.1) is 11.3 Å². The number of fused-ring (bicyclic) bond motifs is 1. The highest BCUT2D eigenvalue weighted by Crippen LogP contribution is 2.31. The highest BCUT2D eigenvalue weighted by molar-refractivity contribution is 7.20. The van der Waals surface area contributed by atoms with E-state index in [2.05, 4.69) is 5.10 Å². The molecule has 0 aliphatic carbocycles. The second-order valence-electron chi connectivity index (χ2n) is 5.86. The van der Waals surface area contributed by atoms with Gasteiger partial charge in [0.25, 0.3) is 0 Å². The van der Waals surface area contributed by atoms with Crippen molar-refractivity contribution in [3.05, 3.63) is 82.6 Å². The lowest BCUT2D eigenvalue weighted by atomic mass is 10.2. The number of carbonyl (C=O) groups excluding carboxylic acids is 1. The quantitative estimate of drug-likeness (QED) is 0.483. The molecule has 0 saturated heterocycles. The number of carbonyl (C=O) groups is 1. The molecule has 2 heterocycles. The van der Waals surface area contributed by atoms with E-state index in [0.29, 0.717) is 4.88 Å². The Kier molecular flexibility index (Phi) is 4.26. The highest BCUT2D eigenvalue weighted by Gasteiger charge is 2.18. The standard InChI is InChI=1S/C20H15FN2O2S/c1-13-17-11-18(20(24)25-12-14-5-3-2-4-6-14)26-19(17)23(22-13)16-9-7-15(21)8-10-16/h2-11H,12H2,1H3. The fraction of sp³-hybridized carbons (Fsp3) is 0.100. The topological polar surface area (TPSA) is 44.1 Å². The number of thiophene rings is 1. The van der Waals surface area contributed by atoms with E-state index in [9.17, 15) is 9.18 Å². The van der Waals surface area contributed by atoms with Gasteiger partial charge in [-0.1, -0.05) is 30.3 Å². The average molecular weight is 366 g/mol. The summed E-state index contributed by atoms with van der Waals surface area (Å²) in [5.41, 5.74) is 2.49. The van der Waals surface area contributed by atoms with E-state index >= 15 is 0 Å².